The molecule has 7 heteroatoms. The molecular formula is C20H16Cl2N4O. The van der Waals surface area contributed by atoms with Crippen molar-refractivity contribution in [3.63, 3.8) is 0 Å². The summed E-state index contributed by atoms with van der Waals surface area (Å²) in [7, 11) is 0. The number of amides is 1. The van der Waals surface area contributed by atoms with E-state index in [1.54, 1.807) is 18.2 Å². The van der Waals surface area contributed by atoms with Crippen LogP contribution in [-0.2, 0) is 6.42 Å². The fourth-order valence-corrected chi connectivity index (χ4v) is 3.51. The van der Waals surface area contributed by atoms with Gasteiger partial charge in [0.15, 0.2) is 0 Å². The van der Waals surface area contributed by atoms with Crippen molar-refractivity contribution in [3.8, 4) is 0 Å². The molecule has 1 N–H and O–H groups in total. The molecular weight excluding hydrogens is 383 g/mol. The Bertz CT molecular complexity index is 1010. The zero-order chi connectivity index (χ0) is 19.0. The second kappa shape index (κ2) is 7.18. The average Bonchev–Trinajstić information content (AvgIpc) is 3.00. The van der Waals surface area contributed by atoms with Crippen LogP contribution in [0.4, 0.5) is 17.3 Å². The molecule has 1 atom stereocenters. The van der Waals surface area contributed by atoms with Crippen molar-refractivity contribution in [2.45, 2.75) is 19.4 Å². The van der Waals surface area contributed by atoms with Gasteiger partial charge in [0.2, 0.25) is 5.95 Å². The largest absolute Gasteiger partial charge is 0.322 e. The molecule has 2 heterocycles. The highest BCUT2D eigenvalue weighted by molar-refractivity contribution is 6.42. The van der Waals surface area contributed by atoms with Gasteiger partial charge < -0.3 is 10.2 Å². The van der Waals surface area contributed by atoms with Gasteiger partial charge in [0, 0.05) is 29.8 Å². The van der Waals surface area contributed by atoms with Crippen molar-refractivity contribution < 1.29 is 4.79 Å². The van der Waals surface area contributed by atoms with Gasteiger partial charge in [0.25, 0.3) is 5.91 Å². The molecule has 1 unspecified atom stereocenters. The number of hydrogen-bond donors (Lipinski definition) is 1. The van der Waals surface area contributed by atoms with Crippen LogP contribution in [0.5, 0.6) is 0 Å². The van der Waals surface area contributed by atoms with Gasteiger partial charge in [-0.05, 0) is 43.2 Å². The van der Waals surface area contributed by atoms with Gasteiger partial charge in [-0.25, -0.2) is 9.97 Å². The van der Waals surface area contributed by atoms with Crippen molar-refractivity contribution in [2.24, 2.45) is 0 Å². The lowest BCUT2D eigenvalue weighted by atomic mass is 10.1. The summed E-state index contributed by atoms with van der Waals surface area (Å²) >= 11 is 11.9. The van der Waals surface area contributed by atoms with Gasteiger partial charge in [-0.15, -0.1) is 0 Å². The SMILES string of the molecule is CC1Cc2ccccc2N1c1ncc(C(=O)Nc2ccc(Cl)c(Cl)c2)cn1. The molecule has 1 amide bonds. The summed E-state index contributed by atoms with van der Waals surface area (Å²) in [5.41, 5.74) is 3.30. The van der Waals surface area contributed by atoms with E-state index < -0.39 is 0 Å². The minimum atomic E-state index is -0.310. The number of anilines is 3. The van der Waals surface area contributed by atoms with Crippen LogP contribution >= 0.6 is 23.2 Å². The molecule has 2 aromatic carbocycles. The molecule has 0 radical (unpaired) electrons. The minimum Gasteiger partial charge on any atom is -0.322 e. The molecule has 0 saturated carbocycles. The summed E-state index contributed by atoms with van der Waals surface area (Å²) in [4.78, 5) is 23.3. The molecule has 5 nitrogen and oxygen atoms in total. The lowest BCUT2D eigenvalue weighted by Gasteiger charge is -2.22. The second-order valence-electron chi connectivity index (χ2n) is 6.41. The number of aromatic nitrogens is 2. The van der Waals surface area contributed by atoms with Crippen LogP contribution in [0.15, 0.2) is 54.9 Å². The molecule has 4 rings (SSSR count). The fourth-order valence-electron chi connectivity index (χ4n) is 3.21. The van der Waals surface area contributed by atoms with Crippen LogP contribution in [0.2, 0.25) is 10.0 Å². The summed E-state index contributed by atoms with van der Waals surface area (Å²) in [6.45, 7) is 2.13. The first-order valence-electron chi connectivity index (χ1n) is 8.48. The van der Waals surface area contributed by atoms with Crippen molar-refractivity contribution in [2.75, 3.05) is 10.2 Å². The van der Waals surface area contributed by atoms with Gasteiger partial charge in [-0.1, -0.05) is 41.4 Å². The predicted octanol–water partition coefficient (Wildman–Crippen LogP) is 5.12. The van der Waals surface area contributed by atoms with Gasteiger partial charge in [0.05, 0.1) is 15.6 Å². The Labute approximate surface area is 167 Å². The van der Waals surface area contributed by atoms with E-state index in [4.69, 9.17) is 23.2 Å². The third-order valence-corrected chi connectivity index (χ3v) is 5.24. The van der Waals surface area contributed by atoms with E-state index in [9.17, 15) is 4.79 Å². The third kappa shape index (κ3) is 3.48. The quantitative estimate of drug-likeness (QED) is 0.664. The molecule has 0 aliphatic carbocycles. The van der Waals surface area contributed by atoms with E-state index >= 15 is 0 Å². The number of fused-ring (bicyclic) bond motifs is 1. The topological polar surface area (TPSA) is 58.1 Å². The van der Waals surface area contributed by atoms with E-state index in [1.165, 1.54) is 18.0 Å². The maximum absolute atomic E-state index is 12.4. The summed E-state index contributed by atoms with van der Waals surface area (Å²) in [6.07, 6.45) is 4.00. The number of nitrogens with one attached hydrogen (secondary N) is 1. The van der Waals surface area contributed by atoms with Gasteiger partial charge in [-0.3, -0.25) is 4.79 Å². The van der Waals surface area contributed by atoms with E-state index in [2.05, 4.69) is 39.2 Å². The third-order valence-electron chi connectivity index (χ3n) is 4.50. The normalized spacial score (nSPS) is 15.5. The highest BCUT2D eigenvalue weighted by atomic mass is 35.5. The Morgan fingerprint density at radius 2 is 1.85 bits per heavy atom. The van der Waals surface area contributed by atoms with Crippen LogP contribution < -0.4 is 10.2 Å². The maximum Gasteiger partial charge on any atom is 0.258 e. The van der Waals surface area contributed by atoms with Crippen molar-refractivity contribution in [1.82, 2.24) is 9.97 Å². The first-order valence-corrected chi connectivity index (χ1v) is 9.24. The molecule has 1 aliphatic heterocycles. The maximum atomic E-state index is 12.4. The first kappa shape index (κ1) is 17.8. The Hall–Kier alpha value is -2.63. The van der Waals surface area contributed by atoms with E-state index in [0.717, 1.165) is 12.1 Å². The molecule has 0 bridgehead atoms. The Kier molecular flexibility index (Phi) is 4.72. The van der Waals surface area contributed by atoms with Gasteiger partial charge >= 0.3 is 0 Å². The molecule has 0 spiro atoms. The zero-order valence-electron chi connectivity index (χ0n) is 14.5. The molecule has 136 valence electrons. The van der Waals surface area contributed by atoms with Gasteiger partial charge in [0.1, 0.15) is 0 Å². The highest BCUT2D eigenvalue weighted by Crippen LogP contribution is 2.36. The number of carbonyl (C=O) groups is 1. The Morgan fingerprint density at radius 1 is 1.11 bits per heavy atom. The molecule has 1 aromatic heterocycles. The fraction of sp³-hybridized carbons (Fsp3) is 0.150. The lowest BCUT2D eigenvalue weighted by Crippen LogP contribution is -2.26. The number of rotatable bonds is 3. The molecule has 27 heavy (non-hydrogen) atoms. The monoisotopic (exact) mass is 398 g/mol. The first-order chi connectivity index (χ1) is 13.0. The van der Waals surface area contributed by atoms with E-state index in [-0.39, 0.29) is 11.9 Å². The Balaban J connectivity index is 1.54. The van der Waals surface area contributed by atoms with Crippen molar-refractivity contribution >= 4 is 46.4 Å². The minimum absolute atomic E-state index is 0.262. The Morgan fingerprint density at radius 3 is 2.59 bits per heavy atom. The highest BCUT2D eigenvalue weighted by Gasteiger charge is 2.28. The van der Waals surface area contributed by atoms with Crippen LogP contribution in [-0.4, -0.2) is 21.9 Å². The number of para-hydroxylation sites is 1. The predicted molar refractivity (Wildman–Crippen MR) is 108 cm³/mol. The van der Waals surface area contributed by atoms with Crippen LogP contribution in [0.1, 0.15) is 22.8 Å². The van der Waals surface area contributed by atoms with Crippen LogP contribution in [0, 0.1) is 0 Å². The van der Waals surface area contributed by atoms with Crippen LogP contribution in [0.3, 0.4) is 0 Å². The summed E-state index contributed by atoms with van der Waals surface area (Å²) in [5, 5.41) is 3.57. The second-order valence-corrected chi connectivity index (χ2v) is 7.22. The number of nitrogens with zero attached hydrogens (tertiary/aromatic N) is 3. The average molecular weight is 399 g/mol. The van der Waals surface area contributed by atoms with Gasteiger partial charge in [-0.2, -0.15) is 0 Å². The summed E-state index contributed by atoms with van der Waals surface area (Å²) < 4.78 is 0. The molecule has 3 aromatic rings. The molecule has 0 saturated heterocycles. The van der Waals surface area contributed by atoms with Crippen LogP contribution in [0.25, 0.3) is 0 Å². The number of halogens is 2. The summed E-state index contributed by atoms with van der Waals surface area (Å²) in [6, 6.07) is 13.4. The lowest BCUT2D eigenvalue weighted by molar-refractivity contribution is 0.102. The zero-order valence-corrected chi connectivity index (χ0v) is 16.0. The van der Waals surface area contributed by atoms with E-state index in [1.807, 2.05) is 12.1 Å². The number of hydrogen-bond acceptors (Lipinski definition) is 4. The van der Waals surface area contributed by atoms with Crippen molar-refractivity contribution in [1.29, 1.82) is 0 Å². The number of benzene rings is 2. The standard InChI is InChI=1S/C20H16Cl2N4O/c1-12-8-13-4-2-3-5-18(13)26(12)20-23-10-14(11-24-20)19(27)25-15-6-7-16(21)17(22)9-15/h2-7,9-12H,8H2,1H3,(H,25,27). The molecule has 1 aliphatic rings. The van der Waals surface area contributed by atoms with E-state index in [0.29, 0.717) is 27.2 Å². The van der Waals surface area contributed by atoms with Crippen molar-refractivity contribution in [3.05, 3.63) is 76.0 Å². The smallest absolute Gasteiger partial charge is 0.258 e. The molecule has 0 fully saturated rings. The number of carbonyl (C=O) groups excluding carboxylic acids is 1. The summed E-state index contributed by atoms with van der Waals surface area (Å²) in [5.74, 6) is 0.272.